The Morgan fingerprint density at radius 2 is 1.79 bits per heavy atom. The Morgan fingerprint density at radius 1 is 1.00 bits per heavy atom. The van der Waals surface area contributed by atoms with E-state index in [4.69, 9.17) is 17.0 Å². The van der Waals surface area contributed by atoms with Crippen molar-refractivity contribution in [1.29, 1.82) is 0 Å². The zero-order chi connectivity index (χ0) is 23.8. The van der Waals surface area contributed by atoms with E-state index in [0.29, 0.717) is 5.11 Å². The Hall–Kier alpha value is -3.71. The standard InChI is InChI=1S/C27H25FN4OS/c1-17-15-21(18(2)31(17)20-10-8-9-19(28)16-20)26-25(22-11-6-7-14-29-22)30-27(34)32(26)23-12-4-5-13-24(23)33-3/h4-16,25-26H,1-3H3,(H,30,34)/t25-,26+/m0/s1. The molecule has 1 saturated heterocycles. The molecule has 1 aliphatic heterocycles. The van der Waals surface area contributed by atoms with E-state index in [2.05, 4.69) is 32.8 Å². The third-order valence-corrected chi connectivity index (χ3v) is 6.61. The van der Waals surface area contributed by atoms with Crippen molar-refractivity contribution in [3.63, 3.8) is 0 Å². The molecule has 3 heterocycles. The summed E-state index contributed by atoms with van der Waals surface area (Å²) in [4.78, 5) is 6.74. The number of anilines is 1. The number of methoxy groups -OCH3 is 1. The minimum Gasteiger partial charge on any atom is -0.495 e. The fraction of sp³-hybridized carbons (Fsp3) is 0.185. The third-order valence-electron chi connectivity index (χ3n) is 6.30. The van der Waals surface area contributed by atoms with Gasteiger partial charge in [0.25, 0.3) is 0 Å². The van der Waals surface area contributed by atoms with Crippen molar-refractivity contribution in [2.75, 3.05) is 12.0 Å². The van der Waals surface area contributed by atoms with Crippen LogP contribution in [-0.4, -0.2) is 21.8 Å². The smallest absolute Gasteiger partial charge is 0.174 e. The van der Waals surface area contributed by atoms with Crippen LogP contribution in [0.2, 0.25) is 0 Å². The summed E-state index contributed by atoms with van der Waals surface area (Å²) in [6.45, 7) is 4.09. The number of aryl methyl sites for hydroxylation is 1. The zero-order valence-electron chi connectivity index (χ0n) is 19.2. The molecule has 0 bridgehead atoms. The lowest BCUT2D eigenvalue weighted by atomic mass is 9.96. The number of pyridine rings is 1. The summed E-state index contributed by atoms with van der Waals surface area (Å²) in [5, 5.41) is 4.09. The largest absolute Gasteiger partial charge is 0.495 e. The third kappa shape index (κ3) is 3.72. The maximum atomic E-state index is 14.1. The molecule has 0 saturated carbocycles. The van der Waals surface area contributed by atoms with Crippen molar-refractivity contribution in [1.82, 2.24) is 14.9 Å². The van der Waals surface area contributed by atoms with E-state index in [1.165, 1.54) is 6.07 Å². The van der Waals surface area contributed by atoms with Gasteiger partial charge in [0.05, 0.1) is 30.6 Å². The van der Waals surface area contributed by atoms with Crippen LogP contribution in [0.1, 0.15) is 34.7 Å². The first kappa shape index (κ1) is 22.1. The normalized spacial score (nSPS) is 17.6. The second-order valence-corrected chi connectivity index (χ2v) is 8.70. The van der Waals surface area contributed by atoms with Crippen molar-refractivity contribution >= 4 is 23.0 Å². The monoisotopic (exact) mass is 472 g/mol. The SMILES string of the molecule is COc1ccccc1N1C(=S)N[C@@H](c2ccccn2)[C@H]1c1cc(C)n(-c2cccc(F)c2)c1C. The Kier molecular flexibility index (Phi) is 5.79. The van der Waals surface area contributed by atoms with E-state index >= 15 is 0 Å². The van der Waals surface area contributed by atoms with E-state index in [1.54, 1.807) is 25.4 Å². The maximum absolute atomic E-state index is 14.1. The highest BCUT2D eigenvalue weighted by molar-refractivity contribution is 7.80. The fourth-order valence-electron chi connectivity index (χ4n) is 4.86. The highest BCUT2D eigenvalue weighted by Crippen LogP contribution is 2.46. The molecule has 0 radical (unpaired) electrons. The molecule has 34 heavy (non-hydrogen) atoms. The van der Waals surface area contributed by atoms with Crippen LogP contribution in [0.3, 0.4) is 0 Å². The second-order valence-electron chi connectivity index (χ2n) is 8.31. The predicted octanol–water partition coefficient (Wildman–Crippen LogP) is 5.81. The molecular formula is C27H25FN4OS. The number of hydrogen-bond donors (Lipinski definition) is 1. The maximum Gasteiger partial charge on any atom is 0.174 e. The van der Waals surface area contributed by atoms with E-state index in [-0.39, 0.29) is 17.9 Å². The summed E-state index contributed by atoms with van der Waals surface area (Å²) in [6, 6.07) is 22.2. The van der Waals surface area contributed by atoms with E-state index in [9.17, 15) is 4.39 Å². The van der Waals surface area contributed by atoms with Gasteiger partial charge in [0.1, 0.15) is 11.6 Å². The van der Waals surface area contributed by atoms with Crippen molar-refractivity contribution in [3.05, 3.63) is 107 Å². The molecular weight excluding hydrogens is 447 g/mol. The van der Waals surface area contributed by atoms with Crippen molar-refractivity contribution in [2.45, 2.75) is 25.9 Å². The lowest BCUT2D eigenvalue weighted by Crippen LogP contribution is -2.30. The van der Waals surface area contributed by atoms with Crippen molar-refractivity contribution in [2.24, 2.45) is 0 Å². The molecule has 2 atom stereocenters. The molecule has 0 unspecified atom stereocenters. The molecule has 5 nitrogen and oxygen atoms in total. The average molecular weight is 473 g/mol. The van der Waals surface area contributed by atoms with Gasteiger partial charge in [-0.3, -0.25) is 4.98 Å². The second kappa shape index (κ2) is 8.91. The lowest BCUT2D eigenvalue weighted by molar-refractivity contribution is 0.414. The summed E-state index contributed by atoms with van der Waals surface area (Å²) in [7, 11) is 1.66. The van der Waals surface area contributed by atoms with E-state index in [1.807, 2.05) is 55.5 Å². The van der Waals surface area contributed by atoms with Crippen LogP contribution < -0.4 is 15.0 Å². The summed E-state index contributed by atoms with van der Waals surface area (Å²) in [6.07, 6.45) is 1.79. The van der Waals surface area contributed by atoms with Gasteiger partial charge in [-0.1, -0.05) is 24.3 Å². The number of thiocarbonyl (C=S) groups is 1. The Morgan fingerprint density at radius 3 is 2.53 bits per heavy atom. The molecule has 7 heteroatoms. The van der Waals surface area contributed by atoms with Crippen LogP contribution in [0.15, 0.2) is 79.0 Å². The first-order valence-electron chi connectivity index (χ1n) is 11.1. The van der Waals surface area contributed by atoms with Gasteiger partial charge in [-0.05, 0) is 80.2 Å². The van der Waals surface area contributed by atoms with Gasteiger partial charge < -0.3 is 19.5 Å². The molecule has 1 fully saturated rings. The summed E-state index contributed by atoms with van der Waals surface area (Å²) >= 11 is 5.85. The number of nitrogens with one attached hydrogen (secondary N) is 1. The highest BCUT2D eigenvalue weighted by atomic mass is 32.1. The average Bonchev–Trinajstić information content (AvgIpc) is 3.34. The molecule has 172 valence electrons. The number of rotatable bonds is 5. The topological polar surface area (TPSA) is 42.3 Å². The van der Waals surface area contributed by atoms with Crippen LogP contribution in [0.4, 0.5) is 10.1 Å². The first-order valence-corrected chi connectivity index (χ1v) is 11.5. The Bertz CT molecular complexity index is 1350. The summed E-state index contributed by atoms with van der Waals surface area (Å²) in [5.41, 5.74) is 5.66. The van der Waals surface area contributed by atoms with E-state index in [0.717, 1.165) is 39.8 Å². The Balaban J connectivity index is 1.71. The lowest BCUT2D eigenvalue weighted by Gasteiger charge is -2.29. The van der Waals surface area contributed by atoms with Crippen molar-refractivity contribution < 1.29 is 9.13 Å². The molecule has 0 aliphatic carbocycles. The predicted molar refractivity (Wildman–Crippen MR) is 136 cm³/mol. The molecule has 0 spiro atoms. The van der Waals surface area contributed by atoms with Crippen molar-refractivity contribution in [3.8, 4) is 11.4 Å². The molecule has 2 aromatic heterocycles. The van der Waals surface area contributed by atoms with Gasteiger partial charge in [0.2, 0.25) is 0 Å². The summed E-state index contributed by atoms with van der Waals surface area (Å²) in [5.74, 6) is 0.467. The zero-order valence-corrected chi connectivity index (χ0v) is 20.0. The summed E-state index contributed by atoms with van der Waals surface area (Å²) < 4.78 is 21.8. The minimum atomic E-state index is -0.266. The number of ether oxygens (including phenoxy) is 1. The van der Waals surface area contributed by atoms with Gasteiger partial charge >= 0.3 is 0 Å². The van der Waals surface area contributed by atoms with Crippen LogP contribution in [0, 0.1) is 19.7 Å². The number of para-hydroxylation sites is 2. The van der Waals surface area contributed by atoms with Crippen LogP contribution >= 0.6 is 12.2 Å². The molecule has 2 aromatic carbocycles. The molecule has 5 rings (SSSR count). The number of aromatic nitrogens is 2. The van der Waals surface area contributed by atoms with Gasteiger partial charge in [0, 0.05) is 23.3 Å². The van der Waals surface area contributed by atoms with Crippen LogP contribution in [0.25, 0.3) is 5.69 Å². The first-order chi connectivity index (χ1) is 16.5. The van der Waals surface area contributed by atoms with Crippen LogP contribution in [0.5, 0.6) is 5.75 Å². The quantitative estimate of drug-likeness (QED) is 0.371. The molecule has 1 N–H and O–H groups in total. The van der Waals surface area contributed by atoms with E-state index < -0.39 is 0 Å². The number of hydrogen-bond acceptors (Lipinski definition) is 3. The number of benzene rings is 2. The molecule has 0 amide bonds. The highest BCUT2D eigenvalue weighted by Gasteiger charge is 2.43. The van der Waals surface area contributed by atoms with Crippen LogP contribution in [-0.2, 0) is 0 Å². The molecule has 1 aliphatic rings. The Labute approximate surface area is 203 Å². The minimum absolute atomic E-state index is 0.180. The van der Waals surface area contributed by atoms with Gasteiger partial charge in [-0.15, -0.1) is 0 Å². The fourth-order valence-corrected chi connectivity index (χ4v) is 5.20. The molecule has 4 aromatic rings. The van der Waals surface area contributed by atoms with Gasteiger partial charge in [0.15, 0.2) is 5.11 Å². The number of halogens is 1. The van der Waals surface area contributed by atoms with Gasteiger partial charge in [-0.25, -0.2) is 4.39 Å². The van der Waals surface area contributed by atoms with Gasteiger partial charge in [-0.2, -0.15) is 0 Å². The number of nitrogens with zero attached hydrogens (tertiary/aromatic N) is 3.